The third-order valence-electron chi connectivity index (χ3n) is 6.48. The fourth-order valence-electron chi connectivity index (χ4n) is 5.02. The van der Waals surface area contributed by atoms with Crippen molar-refractivity contribution in [1.82, 2.24) is 20.4 Å². The zero-order valence-corrected chi connectivity index (χ0v) is 17.3. The van der Waals surface area contributed by atoms with Gasteiger partial charge in [-0.3, -0.25) is 0 Å². The molecule has 1 saturated carbocycles. The van der Waals surface area contributed by atoms with E-state index >= 15 is 0 Å². The van der Waals surface area contributed by atoms with Crippen molar-refractivity contribution in [3.8, 4) is 5.88 Å². The molecule has 29 heavy (non-hydrogen) atoms. The van der Waals surface area contributed by atoms with E-state index in [1.54, 1.807) is 11.3 Å². The number of hydrogen-bond acceptors (Lipinski definition) is 8. The first kappa shape index (κ1) is 17.8. The first-order valence-electron chi connectivity index (χ1n) is 10.8. The van der Waals surface area contributed by atoms with Crippen molar-refractivity contribution in [1.29, 1.82) is 0 Å². The molecular weight excluding hydrogens is 386 g/mol. The summed E-state index contributed by atoms with van der Waals surface area (Å²) in [7, 11) is 0. The molecule has 1 aliphatic heterocycles. The highest BCUT2D eigenvalue weighted by Gasteiger charge is 2.27. The zero-order valence-electron chi connectivity index (χ0n) is 16.5. The average molecular weight is 412 g/mol. The van der Waals surface area contributed by atoms with Crippen LogP contribution < -0.4 is 9.64 Å². The van der Waals surface area contributed by atoms with Gasteiger partial charge in [-0.2, -0.15) is 0 Å². The number of nitrogens with zero attached hydrogens (tertiary/aromatic N) is 5. The Bertz CT molecular complexity index is 1060. The van der Waals surface area contributed by atoms with Crippen molar-refractivity contribution < 1.29 is 9.47 Å². The number of thiophene rings is 1. The van der Waals surface area contributed by atoms with E-state index in [2.05, 4.69) is 20.3 Å². The first-order valence-corrected chi connectivity index (χ1v) is 11.7. The van der Waals surface area contributed by atoms with Gasteiger partial charge < -0.3 is 14.4 Å². The van der Waals surface area contributed by atoms with E-state index in [-0.39, 0.29) is 6.10 Å². The summed E-state index contributed by atoms with van der Waals surface area (Å²) in [4.78, 5) is 8.60. The maximum atomic E-state index is 6.25. The fourth-order valence-corrected chi connectivity index (χ4v) is 6.09. The normalized spacial score (nSPS) is 20.5. The number of hydrogen-bond donors (Lipinski definition) is 0. The van der Waals surface area contributed by atoms with Gasteiger partial charge in [0.05, 0.1) is 13.2 Å². The summed E-state index contributed by atoms with van der Waals surface area (Å²) >= 11 is 1.66. The molecule has 7 nitrogen and oxygen atoms in total. The van der Waals surface area contributed by atoms with Crippen molar-refractivity contribution in [2.24, 2.45) is 0 Å². The van der Waals surface area contributed by atoms with Crippen molar-refractivity contribution in [2.45, 2.75) is 57.5 Å². The molecule has 1 saturated heterocycles. The highest BCUT2D eigenvalue weighted by Crippen LogP contribution is 2.43. The van der Waals surface area contributed by atoms with Crippen LogP contribution in [0.3, 0.4) is 0 Å². The molecule has 0 N–H and O–H groups in total. The Balaban J connectivity index is 1.53. The van der Waals surface area contributed by atoms with Gasteiger partial charge in [-0.1, -0.05) is 5.10 Å². The highest BCUT2D eigenvalue weighted by molar-refractivity contribution is 7.25. The van der Waals surface area contributed by atoms with Crippen LogP contribution in [0.15, 0.2) is 0 Å². The molecule has 4 heterocycles. The molecule has 0 aromatic carbocycles. The van der Waals surface area contributed by atoms with Crippen LogP contribution in [-0.2, 0) is 17.6 Å². The molecule has 3 aliphatic rings. The molecule has 0 amide bonds. The SMILES string of the molecule is C1CCc2c(c(N3CCOCC3)nc3sc4c(OC5CCCC5)nnnc4c23)C1. The van der Waals surface area contributed by atoms with E-state index in [1.807, 2.05) is 0 Å². The predicted octanol–water partition coefficient (Wildman–Crippen LogP) is 3.67. The number of ether oxygens (including phenoxy) is 2. The van der Waals surface area contributed by atoms with Gasteiger partial charge >= 0.3 is 0 Å². The molecule has 2 fully saturated rings. The quantitative estimate of drug-likeness (QED) is 0.651. The van der Waals surface area contributed by atoms with Crippen LogP contribution in [0.5, 0.6) is 5.88 Å². The third kappa shape index (κ3) is 3.04. The van der Waals surface area contributed by atoms with Crippen molar-refractivity contribution in [3.63, 3.8) is 0 Å². The van der Waals surface area contributed by atoms with Gasteiger partial charge in [0, 0.05) is 18.5 Å². The number of anilines is 1. The molecule has 8 heteroatoms. The Labute approximate surface area is 173 Å². The van der Waals surface area contributed by atoms with Crippen molar-refractivity contribution in [3.05, 3.63) is 11.1 Å². The van der Waals surface area contributed by atoms with Gasteiger partial charge in [-0.25, -0.2) is 4.98 Å². The topological polar surface area (TPSA) is 73.3 Å². The summed E-state index contributed by atoms with van der Waals surface area (Å²) < 4.78 is 12.8. The van der Waals surface area contributed by atoms with Gasteiger partial charge in [0.2, 0.25) is 0 Å². The Morgan fingerprint density at radius 3 is 2.59 bits per heavy atom. The van der Waals surface area contributed by atoms with E-state index in [1.165, 1.54) is 42.2 Å². The lowest BCUT2D eigenvalue weighted by molar-refractivity contribution is 0.122. The van der Waals surface area contributed by atoms with Crippen molar-refractivity contribution in [2.75, 3.05) is 31.2 Å². The van der Waals surface area contributed by atoms with Gasteiger partial charge in [-0.05, 0) is 67.7 Å². The monoisotopic (exact) mass is 411 g/mol. The predicted molar refractivity (Wildman–Crippen MR) is 113 cm³/mol. The number of fused-ring (bicyclic) bond motifs is 5. The second-order valence-corrected chi connectivity index (χ2v) is 9.28. The lowest BCUT2D eigenvalue weighted by atomic mass is 9.90. The van der Waals surface area contributed by atoms with Gasteiger partial charge in [-0.15, -0.1) is 16.4 Å². The summed E-state index contributed by atoms with van der Waals surface area (Å²) in [6.07, 6.45) is 9.54. The van der Waals surface area contributed by atoms with E-state index in [4.69, 9.17) is 14.5 Å². The first-order chi connectivity index (χ1) is 14.4. The largest absolute Gasteiger partial charge is 0.472 e. The molecule has 3 aromatic heterocycles. The minimum absolute atomic E-state index is 0.255. The molecule has 0 unspecified atom stereocenters. The Hall–Kier alpha value is -2.06. The summed E-state index contributed by atoms with van der Waals surface area (Å²) in [6.45, 7) is 3.37. The van der Waals surface area contributed by atoms with Crippen LogP contribution in [-0.4, -0.2) is 52.8 Å². The van der Waals surface area contributed by atoms with Gasteiger partial charge in [0.15, 0.2) is 0 Å². The lowest BCUT2D eigenvalue weighted by Crippen LogP contribution is -2.37. The molecule has 0 bridgehead atoms. The van der Waals surface area contributed by atoms with Crippen LogP contribution in [0.4, 0.5) is 5.82 Å². The van der Waals surface area contributed by atoms with Crippen LogP contribution in [0, 0.1) is 0 Å². The van der Waals surface area contributed by atoms with E-state index < -0.39 is 0 Å². The van der Waals surface area contributed by atoms with Crippen LogP contribution in [0.2, 0.25) is 0 Å². The maximum Gasteiger partial charge on any atom is 0.255 e. The molecule has 0 radical (unpaired) electrons. The second-order valence-electron chi connectivity index (χ2n) is 8.28. The summed E-state index contributed by atoms with van der Waals surface area (Å²) in [6, 6.07) is 0. The molecule has 6 rings (SSSR count). The number of aryl methyl sites for hydroxylation is 1. The molecule has 3 aromatic rings. The minimum Gasteiger partial charge on any atom is -0.472 e. The molecular formula is C21H25N5O2S. The van der Waals surface area contributed by atoms with Crippen molar-refractivity contribution >= 4 is 37.6 Å². The summed E-state index contributed by atoms with van der Waals surface area (Å²) in [5.74, 6) is 1.80. The van der Waals surface area contributed by atoms with Crippen LogP contribution in [0.25, 0.3) is 20.4 Å². The number of morpholine rings is 1. The van der Waals surface area contributed by atoms with E-state index in [0.29, 0.717) is 5.88 Å². The smallest absolute Gasteiger partial charge is 0.255 e. The van der Waals surface area contributed by atoms with Gasteiger partial charge in [0.1, 0.15) is 27.0 Å². The number of aromatic nitrogens is 4. The Morgan fingerprint density at radius 2 is 1.76 bits per heavy atom. The van der Waals surface area contributed by atoms with Crippen LogP contribution >= 0.6 is 11.3 Å². The Kier molecular flexibility index (Phi) is 4.49. The summed E-state index contributed by atoms with van der Waals surface area (Å²) in [5, 5.41) is 14.0. The van der Waals surface area contributed by atoms with Gasteiger partial charge in [0.25, 0.3) is 5.88 Å². The Morgan fingerprint density at radius 1 is 0.966 bits per heavy atom. The third-order valence-corrected chi connectivity index (χ3v) is 7.54. The number of rotatable bonds is 3. The molecule has 0 spiro atoms. The fraction of sp³-hybridized carbons (Fsp3) is 0.619. The second kappa shape index (κ2) is 7.32. The maximum absolute atomic E-state index is 6.25. The lowest BCUT2D eigenvalue weighted by Gasteiger charge is -2.31. The minimum atomic E-state index is 0.255. The zero-order chi connectivity index (χ0) is 19.2. The average Bonchev–Trinajstić information content (AvgIpc) is 3.42. The standard InChI is InChI=1S/C21H25N5O2S/c1-2-6-13(5-1)28-20-18-17(23-25-24-20)16-14-7-3-4-8-15(14)19(22-21(16)29-18)26-9-11-27-12-10-26/h13H,1-12H2. The van der Waals surface area contributed by atoms with Crippen LogP contribution in [0.1, 0.15) is 49.7 Å². The number of pyridine rings is 1. The molecule has 152 valence electrons. The summed E-state index contributed by atoms with van der Waals surface area (Å²) in [5.41, 5.74) is 3.75. The van der Waals surface area contributed by atoms with E-state index in [9.17, 15) is 0 Å². The van der Waals surface area contributed by atoms with E-state index in [0.717, 1.165) is 72.9 Å². The molecule has 0 atom stereocenters. The highest BCUT2D eigenvalue weighted by atomic mass is 32.1. The molecule has 2 aliphatic carbocycles.